The Kier molecular flexibility index (Phi) is 5.16. The average molecular weight is 476 g/mol. The molecule has 0 unspecified atom stereocenters. The Morgan fingerprint density at radius 2 is 1.77 bits per heavy atom. The minimum absolute atomic E-state index is 0.105. The van der Waals surface area contributed by atoms with E-state index in [1.165, 1.54) is 0 Å². The highest BCUT2D eigenvalue weighted by molar-refractivity contribution is 14.1. The molecule has 3 heterocycles. The van der Waals surface area contributed by atoms with Crippen LogP contribution in [0.3, 0.4) is 0 Å². The number of rotatable bonds is 3. The van der Waals surface area contributed by atoms with E-state index in [1.807, 2.05) is 58.8 Å². The molecule has 0 N–H and O–H groups in total. The van der Waals surface area contributed by atoms with E-state index < -0.39 is 0 Å². The molecule has 0 bridgehead atoms. The Hall–Kier alpha value is -2.00. The molecule has 1 aliphatic heterocycles. The van der Waals surface area contributed by atoms with Gasteiger partial charge in [0.15, 0.2) is 5.82 Å². The van der Waals surface area contributed by atoms with Crippen LogP contribution in [0.1, 0.15) is 10.4 Å². The number of benzene rings is 1. The molecule has 5 nitrogen and oxygen atoms in total. The summed E-state index contributed by atoms with van der Waals surface area (Å²) in [5.74, 6) is 0.973. The molecule has 0 atom stereocenters. The summed E-state index contributed by atoms with van der Waals surface area (Å²) >= 11 is 3.88. The van der Waals surface area contributed by atoms with Crippen molar-refractivity contribution in [1.29, 1.82) is 0 Å². The molecule has 0 radical (unpaired) electrons. The molecular weight excluding hydrogens is 459 g/mol. The van der Waals surface area contributed by atoms with Crippen molar-refractivity contribution < 1.29 is 4.79 Å². The largest absolute Gasteiger partial charge is 0.352 e. The van der Waals surface area contributed by atoms with Gasteiger partial charge in [0, 0.05) is 29.7 Å². The van der Waals surface area contributed by atoms with E-state index in [1.54, 1.807) is 11.3 Å². The number of carbonyl (C=O) groups is 1. The number of anilines is 1. The van der Waals surface area contributed by atoms with Crippen LogP contribution in [0, 0.1) is 3.57 Å². The first-order valence-electron chi connectivity index (χ1n) is 8.39. The molecule has 1 aliphatic rings. The van der Waals surface area contributed by atoms with Crippen LogP contribution in [-0.4, -0.2) is 47.2 Å². The summed E-state index contributed by atoms with van der Waals surface area (Å²) in [6, 6.07) is 15.8. The lowest BCUT2D eigenvalue weighted by Crippen LogP contribution is -2.49. The summed E-state index contributed by atoms with van der Waals surface area (Å²) < 4.78 is 0.993. The summed E-state index contributed by atoms with van der Waals surface area (Å²) in [5.41, 5.74) is 1.68. The molecule has 132 valence electrons. The quantitative estimate of drug-likeness (QED) is 0.541. The SMILES string of the molecule is O=C(c1ccccc1I)N1CCN(c2ccc(-c3cccs3)nn2)CC1. The van der Waals surface area contributed by atoms with Crippen LogP contribution in [-0.2, 0) is 0 Å². The van der Waals surface area contributed by atoms with Crippen molar-refractivity contribution in [1.82, 2.24) is 15.1 Å². The first-order chi connectivity index (χ1) is 12.7. The Morgan fingerprint density at radius 1 is 0.962 bits per heavy atom. The summed E-state index contributed by atoms with van der Waals surface area (Å²) in [6.45, 7) is 2.92. The van der Waals surface area contributed by atoms with Crippen molar-refractivity contribution in [2.24, 2.45) is 0 Å². The van der Waals surface area contributed by atoms with Crippen LogP contribution in [0.4, 0.5) is 5.82 Å². The van der Waals surface area contributed by atoms with Crippen LogP contribution < -0.4 is 4.90 Å². The van der Waals surface area contributed by atoms with E-state index in [9.17, 15) is 4.79 Å². The molecular formula is C19H17IN4OS. The van der Waals surface area contributed by atoms with Gasteiger partial charge in [0.25, 0.3) is 5.91 Å². The zero-order chi connectivity index (χ0) is 17.9. The fourth-order valence-corrected chi connectivity index (χ4v) is 4.30. The molecule has 7 heteroatoms. The number of thiophene rings is 1. The molecule has 0 saturated carbocycles. The lowest BCUT2D eigenvalue weighted by Gasteiger charge is -2.35. The van der Waals surface area contributed by atoms with E-state index in [-0.39, 0.29) is 5.91 Å². The van der Waals surface area contributed by atoms with Crippen molar-refractivity contribution in [3.63, 3.8) is 0 Å². The third kappa shape index (κ3) is 3.59. The zero-order valence-electron chi connectivity index (χ0n) is 14.0. The number of hydrogen-bond donors (Lipinski definition) is 0. The van der Waals surface area contributed by atoms with Gasteiger partial charge in [0.05, 0.1) is 10.4 Å². The summed E-state index contributed by atoms with van der Waals surface area (Å²) in [7, 11) is 0. The highest BCUT2D eigenvalue weighted by Crippen LogP contribution is 2.23. The van der Waals surface area contributed by atoms with Gasteiger partial charge in [0.2, 0.25) is 0 Å². The maximum Gasteiger partial charge on any atom is 0.255 e. The van der Waals surface area contributed by atoms with Gasteiger partial charge in [-0.3, -0.25) is 4.79 Å². The Labute approximate surface area is 169 Å². The van der Waals surface area contributed by atoms with E-state index in [0.717, 1.165) is 38.6 Å². The monoisotopic (exact) mass is 476 g/mol. The molecule has 1 amide bonds. The zero-order valence-corrected chi connectivity index (χ0v) is 17.0. The number of nitrogens with zero attached hydrogens (tertiary/aromatic N) is 4. The van der Waals surface area contributed by atoms with Crippen molar-refractivity contribution in [3.05, 3.63) is 63.0 Å². The van der Waals surface area contributed by atoms with Crippen LogP contribution in [0.15, 0.2) is 53.9 Å². The standard InChI is InChI=1S/C19H17IN4OS/c20-15-5-2-1-4-14(15)19(25)24-11-9-23(10-12-24)18-8-7-16(21-22-18)17-6-3-13-26-17/h1-8,13H,9-12H2. The molecule has 0 aliphatic carbocycles. The average Bonchev–Trinajstić information content (AvgIpc) is 3.23. The maximum absolute atomic E-state index is 12.7. The minimum Gasteiger partial charge on any atom is -0.352 e. The Bertz CT molecular complexity index is 890. The number of hydrogen-bond acceptors (Lipinski definition) is 5. The Morgan fingerprint density at radius 3 is 2.42 bits per heavy atom. The number of halogens is 1. The predicted octanol–water partition coefficient (Wildman–Crippen LogP) is 3.77. The normalized spacial score (nSPS) is 14.5. The van der Waals surface area contributed by atoms with Gasteiger partial charge >= 0.3 is 0 Å². The smallest absolute Gasteiger partial charge is 0.255 e. The number of aromatic nitrogens is 2. The highest BCUT2D eigenvalue weighted by Gasteiger charge is 2.24. The topological polar surface area (TPSA) is 49.3 Å². The van der Waals surface area contributed by atoms with Gasteiger partial charge in [-0.1, -0.05) is 18.2 Å². The van der Waals surface area contributed by atoms with Crippen LogP contribution in [0.5, 0.6) is 0 Å². The fraction of sp³-hybridized carbons (Fsp3) is 0.211. The molecule has 1 saturated heterocycles. The van der Waals surface area contributed by atoms with E-state index >= 15 is 0 Å². The lowest BCUT2D eigenvalue weighted by atomic mass is 10.2. The number of amides is 1. The van der Waals surface area contributed by atoms with Crippen molar-refractivity contribution in [3.8, 4) is 10.6 Å². The van der Waals surface area contributed by atoms with E-state index in [0.29, 0.717) is 13.1 Å². The molecule has 0 spiro atoms. The fourth-order valence-electron chi connectivity index (χ4n) is 2.99. The van der Waals surface area contributed by atoms with Crippen LogP contribution >= 0.6 is 33.9 Å². The third-order valence-corrected chi connectivity index (χ3v) is 6.25. The molecule has 2 aromatic heterocycles. The predicted molar refractivity (Wildman–Crippen MR) is 113 cm³/mol. The van der Waals surface area contributed by atoms with Gasteiger partial charge in [0.1, 0.15) is 5.69 Å². The van der Waals surface area contributed by atoms with Crippen LogP contribution in [0.2, 0.25) is 0 Å². The Balaban J connectivity index is 1.40. The summed E-state index contributed by atoms with van der Waals surface area (Å²) in [4.78, 5) is 17.9. The first-order valence-corrected chi connectivity index (χ1v) is 10.3. The van der Waals surface area contributed by atoms with Gasteiger partial charge < -0.3 is 9.80 Å². The number of carbonyl (C=O) groups excluding carboxylic acids is 1. The van der Waals surface area contributed by atoms with Gasteiger partial charge in [-0.2, -0.15) is 0 Å². The molecule has 26 heavy (non-hydrogen) atoms. The summed E-state index contributed by atoms with van der Waals surface area (Å²) in [5, 5.41) is 10.8. The molecule has 4 rings (SSSR count). The first kappa shape index (κ1) is 17.4. The van der Waals surface area contributed by atoms with Crippen LogP contribution in [0.25, 0.3) is 10.6 Å². The number of piperazine rings is 1. The van der Waals surface area contributed by atoms with Gasteiger partial charge in [-0.15, -0.1) is 21.5 Å². The van der Waals surface area contributed by atoms with Gasteiger partial charge in [-0.25, -0.2) is 0 Å². The van der Waals surface area contributed by atoms with Crippen molar-refractivity contribution >= 4 is 45.7 Å². The molecule has 1 fully saturated rings. The highest BCUT2D eigenvalue weighted by atomic mass is 127. The van der Waals surface area contributed by atoms with E-state index in [2.05, 4.69) is 37.7 Å². The second kappa shape index (κ2) is 7.71. The third-order valence-electron chi connectivity index (χ3n) is 4.42. The van der Waals surface area contributed by atoms with E-state index in [4.69, 9.17) is 0 Å². The lowest BCUT2D eigenvalue weighted by molar-refractivity contribution is 0.0745. The summed E-state index contributed by atoms with van der Waals surface area (Å²) in [6.07, 6.45) is 0. The van der Waals surface area contributed by atoms with Gasteiger partial charge in [-0.05, 0) is 58.3 Å². The maximum atomic E-state index is 12.7. The second-order valence-electron chi connectivity index (χ2n) is 6.01. The van der Waals surface area contributed by atoms with Crippen molar-refractivity contribution in [2.45, 2.75) is 0 Å². The second-order valence-corrected chi connectivity index (χ2v) is 8.12. The molecule has 1 aromatic carbocycles. The molecule has 3 aromatic rings. The van der Waals surface area contributed by atoms with Crippen molar-refractivity contribution in [2.75, 3.05) is 31.1 Å². The minimum atomic E-state index is 0.105.